The Labute approximate surface area is 213 Å². The van der Waals surface area contributed by atoms with Gasteiger partial charge >= 0.3 is 5.97 Å². The van der Waals surface area contributed by atoms with Gasteiger partial charge in [0.15, 0.2) is 0 Å². The first-order chi connectivity index (χ1) is 17.3. The molecular weight excluding hydrogens is 498 g/mol. The topological polar surface area (TPSA) is 144 Å². The van der Waals surface area contributed by atoms with Crippen LogP contribution in [0.25, 0.3) is 21.3 Å². The zero-order chi connectivity index (χ0) is 25.7. The van der Waals surface area contributed by atoms with Crippen molar-refractivity contribution in [2.45, 2.75) is 16.7 Å². The number of carbonyl (C=O) groups excluding carboxylic acids is 1. The van der Waals surface area contributed by atoms with Crippen LogP contribution in [-0.2, 0) is 26.0 Å². The Morgan fingerprint density at radius 1 is 1.14 bits per heavy atom. The van der Waals surface area contributed by atoms with Crippen molar-refractivity contribution in [2.24, 2.45) is 11.6 Å². The smallest absolute Gasteiger partial charge is 0.330 e. The summed E-state index contributed by atoms with van der Waals surface area (Å²) in [5, 5.41) is 2.12. The van der Waals surface area contributed by atoms with Crippen LogP contribution in [0.1, 0.15) is 5.56 Å². The Morgan fingerprint density at radius 2 is 1.86 bits per heavy atom. The highest BCUT2D eigenvalue weighted by Gasteiger charge is 2.25. The molecule has 2 aromatic heterocycles. The molecule has 4 aromatic rings. The number of aromatic amines is 1. The highest BCUT2D eigenvalue weighted by molar-refractivity contribution is 7.91. The monoisotopic (exact) mass is 525 g/mol. The Morgan fingerprint density at radius 3 is 2.61 bits per heavy atom. The maximum Gasteiger partial charge on any atom is 0.330 e. The van der Waals surface area contributed by atoms with Crippen molar-refractivity contribution in [3.8, 4) is 10.4 Å². The van der Waals surface area contributed by atoms with Crippen molar-refractivity contribution in [3.05, 3.63) is 90.4 Å². The summed E-state index contributed by atoms with van der Waals surface area (Å²) in [5.41, 5.74) is 8.95. The van der Waals surface area contributed by atoms with Gasteiger partial charge < -0.3 is 20.5 Å². The molecule has 0 aliphatic heterocycles. The van der Waals surface area contributed by atoms with Crippen LogP contribution in [0.4, 0.5) is 0 Å². The number of nitrogens with one attached hydrogen (secondary N) is 2. The first-order valence-electron chi connectivity index (χ1n) is 11.1. The lowest BCUT2D eigenvalue weighted by atomic mass is 10.0. The van der Waals surface area contributed by atoms with E-state index in [-0.39, 0.29) is 22.9 Å². The van der Waals surface area contributed by atoms with Crippen molar-refractivity contribution in [1.29, 1.82) is 0 Å². The third-order valence-electron chi connectivity index (χ3n) is 5.61. The summed E-state index contributed by atoms with van der Waals surface area (Å²) >= 11 is 1.16. The average molecular weight is 526 g/mol. The van der Waals surface area contributed by atoms with Crippen LogP contribution >= 0.6 is 11.3 Å². The van der Waals surface area contributed by atoms with Crippen molar-refractivity contribution < 1.29 is 17.9 Å². The molecule has 0 aliphatic carbocycles. The highest BCUT2D eigenvalue weighted by atomic mass is 32.2. The van der Waals surface area contributed by atoms with E-state index in [9.17, 15) is 13.2 Å². The number of H-pyrrole nitrogens is 1. The molecule has 188 valence electrons. The first kappa shape index (κ1) is 25.5. The maximum atomic E-state index is 12.8. The summed E-state index contributed by atoms with van der Waals surface area (Å²) in [4.78, 5) is 16.5. The second-order valence-electron chi connectivity index (χ2n) is 8.06. The van der Waals surface area contributed by atoms with Crippen molar-refractivity contribution in [2.75, 3.05) is 13.7 Å². The molecule has 0 aliphatic rings. The maximum absolute atomic E-state index is 12.8. The molecule has 0 saturated carbocycles. The Balaban J connectivity index is 1.44. The number of esters is 1. The number of fused-ring (bicyclic) bond motifs is 1. The molecule has 6 N–H and O–H groups in total. The lowest BCUT2D eigenvalue weighted by Crippen LogP contribution is -2.45. The lowest BCUT2D eigenvalue weighted by molar-refractivity contribution is -0.146. The molecule has 0 saturated heterocycles. The van der Waals surface area contributed by atoms with E-state index in [0.717, 1.165) is 43.3 Å². The molecule has 0 amide bonds. The number of para-hydroxylation sites is 1. The van der Waals surface area contributed by atoms with E-state index in [2.05, 4.69) is 9.71 Å². The molecule has 2 aromatic carbocycles. The Kier molecular flexibility index (Phi) is 7.75. The number of ether oxygens (including phenoxy) is 1. The Hall–Kier alpha value is -3.64. The second-order valence-corrected chi connectivity index (χ2v) is 11.1. The molecule has 1 atom stereocenters. The second kappa shape index (κ2) is 11.0. The van der Waals surface area contributed by atoms with Gasteiger partial charge in [0.1, 0.15) is 10.3 Å². The molecule has 2 heterocycles. The average Bonchev–Trinajstić information content (AvgIpc) is 3.54. The van der Waals surface area contributed by atoms with Crippen molar-refractivity contribution >= 4 is 38.2 Å². The standard InChI is InChI=1S/C25H27N5O4S2/c1-34-25(31)22(13-18-14-28-21-10-6-5-9-20(18)21)30(27)16-19(26)15-29-36(32,33)24-12-11-23(35-24)17-7-3-2-4-8-17/h2-12,14,16,22,28-29H,13,15,26-27H2,1H3/b19-16-/t22-/m1/s1. The molecule has 0 unspecified atom stereocenters. The van der Waals surface area contributed by atoms with Crippen LogP contribution in [0.5, 0.6) is 0 Å². The van der Waals surface area contributed by atoms with Gasteiger partial charge in [0, 0.05) is 40.3 Å². The number of nitrogens with zero attached hydrogens (tertiary/aromatic N) is 1. The number of methoxy groups -OCH3 is 1. The van der Waals surface area contributed by atoms with E-state index in [1.165, 1.54) is 13.3 Å². The van der Waals surface area contributed by atoms with Gasteiger partial charge in [-0.25, -0.2) is 23.8 Å². The van der Waals surface area contributed by atoms with Gasteiger partial charge in [-0.15, -0.1) is 11.3 Å². The molecular formula is C25H27N5O4S2. The number of thiophene rings is 1. The first-order valence-corrected chi connectivity index (χ1v) is 13.4. The minimum atomic E-state index is -3.79. The van der Waals surface area contributed by atoms with Gasteiger partial charge in [-0.1, -0.05) is 48.5 Å². The number of nitrogens with two attached hydrogens (primary N) is 2. The fourth-order valence-electron chi connectivity index (χ4n) is 3.75. The van der Waals surface area contributed by atoms with Crippen LogP contribution in [0.3, 0.4) is 0 Å². The van der Waals surface area contributed by atoms with E-state index in [1.807, 2.05) is 60.8 Å². The molecule has 11 heteroatoms. The van der Waals surface area contributed by atoms with Crippen LogP contribution in [0.15, 0.2) is 89.0 Å². The molecule has 0 radical (unpaired) electrons. The molecule has 9 nitrogen and oxygen atoms in total. The van der Waals surface area contributed by atoms with E-state index >= 15 is 0 Å². The molecule has 0 fully saturated rings. The number of aromatic nitrogens is 1. The highest BCUT2D eigenvalue weighted by Crippen LogP contribution is 2.30. The van der Waals surface area contributed by atoms with E-state index < -0.39 is 22.0 Å². The summed E-state index contributed by atoms with van der Waals surface area (Å²) < 4.78 is 33.2. The number of hydrogen-bond acceptors (Lipinski definition) is 8. The van der Waals surface area contributed by atoms with E-state index in [1.54, 1.807) is 12.1 Å². The van der Waals surface area contributed by atoms with E-state index in [0.29, 0.717) is 0 Å². The molecule has 4 rings (SSSR count). The van der Waals surface area contributed by atoms with Gasteiger partial charge in [-0.3, -0.25) is 0 Å². The normalized spacial score (nSPS) is 13.0. The minimum Gasteiger partial charge on any atom is -0.467 e. The largest absolute Gasteiger partial charge is 0.467 e. The fourth-order valence-corrected chi connectivity index (χ4v) is 6.13. The van der Waals surface area contributed by atoms with Crippen LogP contribution in [-0.4, -0.2) is 44.1 Å². The summed E-state index contributed by atoms with van der Waals surface area (Å²) in [6, 6.07) is 19.7. The zero-order valence-electron chi connectivity index (χ0n) is 19.5. The number of hydrogen-bond donors (Lipinski definition) is 4. The minimum absolute atomic E-state index is 0.133. The van der Waals surface area contributed by atoms with Crippen LogP contribution < -0.4 is 16.3 Å². The number of benzene rings is 2. The van der Waals surface area contributed by atoms with Crippen molar-refractivity contribution in [1.82, 2.24) is 14.7 Å². The predicted octanol–water partition coefficient (Wildman–Crippen LogP) is 2.93. The summed E-state index contributed by atoms with van der Waals surface area (Å²) in [5.74, 6) is 5.62. The third-order valence-corrected chi connectivity index (χ3v) is 8.63. The number of sulfonamides is 1. The number of carbonyl (C=O) groups is 1. The molecule has 0 bridgehead atoms. The summed E-state index contributed by atoms with van der Waals surface area (Å²) in [7, 11) is -2.51. The molecule has 36 heavy (non-hydrogen) atoms. The van der Waals surface area contributed by atoms with Gasteiger partial charge in [-0.2, -0.15) is 0 Å². The van der Waals surface area contributed by atoms with Crippen LogP contribution in [0, 0.1) is 0 Å². The SMILES string of the molecule is COC(=O)[C@@H](Cc1c[nH]c2ccccc12)N(N)/C=C(\N)CNS(=O)(=O)c1ccc(-c2ccccc2)s1. The summed E-state index contributed by atoms with van der Waals surface area (Å²) in [6.45, 7) is -0.185. The Bertz CT molecular complexity index is 1480. The number of rotatable bonds is 10. The van der Waals surface area contributed by atoms with E-state index in [4.69, 9.17) is 16.3 Å². The zero-order valence-corrected chi connectivity index (χ0v) is 21.2. The van der Waals surface area contributed by atoms with Crippen molar-refractivity contribution in [3.63, 3.8) is 0 Å². The van der Waals surface area contributed by atoms with Gasteiger partial charge in [0.25, 0.3) is 0 Å². The van der Waals surface area contributed by atoms with Crippen LogP contribution in [0.2, 0.25) is 0 Å². The fraction of sp³-hybridized carbons (Fsp3) is 0.160. The van der Waals surface area contributed by atoms with Gasteiger partial charge in [-0.05, 0) is 29.3 Å². The third kappa shape index (κ3) is 5.77. The quantitative estimate of drug-likeness (QED) is 0.142. The summed E-state index contributed by atoms with van der Waals surface area (Å²) in [6.07, 6.45) is 3.42. The predicted molar refractivity (Wildman–Crippen MR) is 141 cm³/mol. The van der Waals surface area contributed by atoms with Gasteiger partial charge in [0.2, 0.25) is 10.0 Å². The molecule has 0 spiro atoms. The lowest BCUT2D eigenvalue weighted by Gasteiger charge is -2.24. The number of hydrazine groups is 1. The van der Waals surface area contributed by atoms with Gasteiger partial charge in [0.05, 0.1) is 13.7 Å².